The number of allylic oxidation sites excluding steroid dienone is 2. The summed E-state index contributed by atoms with van der Waals surface area (Å²) in [4.78, 5) is 32.8. The van der Waals surface area contributed by atoms with Gasteiger partial charge in [0.2, 0.25) is 15.9 Å². The maximum Gasteiger partial charge on any atom is 0.328 e. The van der Waals surface area contributed by atoms with Crippen LogP contribution in [-0.4, -0.2) is 109 Å². The van der Waals surface area contributed by atoms with Crippen LogP contribution in [0.15, 0.2) is 59.7 Å². The summed E-state index contributed by atoms with van der Waals surface area (Å²) in [6.07, 6.45) is 6.65. The maximum absolute atomic E-state index is 13.7. The number of aliphatic hydroxyl groups excluding tert-OH is 1. The van der Waals surface area contributed by atoms with Gasteiger partial charge in [0, 0.05) is 49.8 Å². The summed E-state index contributed by atoms with van der Waals surface area (Å²) in [5, 5.41) is 36.1. The second-order valence-corrected chi connectivity index (χ2v) is 15.4. The Balaban J connectivity index is 0.000000703. The lowest BCUT2D eigenvalue weighted by atomic mass is 9.76. The Labute approximate surface area is 317 Å². The second kappa shape index (κ2) is 18.7. The summed E-state index contributed by atoms with van der Waals surface area (Å²) >= 11 is 12.1. The van der Waals surface area contributed by atoms with Crippen LogP contribution in [-0.2, 0) is 24.4 Å². The number of carboxylic acids is 2. The van der Waals surface area contributed by atoms with E-state index in [4.69, 9.17) is 53.7 Å². The molecule has 288 valence electrons. The number of sulfonamides is 1. The first-order valence-electron chi connectivity index (χ1n) is 16.7. The molecule has 18 heteroatoms. The third-order valence-corrected chi connectivity index (χ3v) is 11.6. The fourth-order valence-corrected chi connectivity index (χ4v) is 8.25. The molecule has 1 aliphatic carbocycles. The van der Waals surface area contributed by atoms with E-state index in [2.05, 4.69) is 17.5 Å². The van der Waals surface area contributed by atoms with E-state index in [9.17, 15) is 27.9 Å². The van der Waals surface area contributed by atoms with Gasteiger partial charge in [-0.25, -0.2) is 27.3 Å². The molecule has 1 unspecified atom stereocenters. The number of nitrogens with two attached hydrogens (primary N) is 1. The number of nitrogen functional groups attached to an aromatic ring is 1. The highest BCUT2D eigenvalue weighted by Crippen LogP contribution is 2.38. The number of aliphatic hydroxyl groups is 1. The standard InChI is InChI=1S/C31H39Cl2N5O6S.C4H4O4/c1-43-27-8-7-19(17-28(27)44-2)30-22-5-3-4-6-23(22)31(40)38(36-30)21-9-12-37(13-10-21)45(41,42)14-11-35-18-26(39)20-15-24(32)29(34)25(33)16-20;5-3(6)1-2-4(7)8/h3-4,7-8,15-17,21-23,26,35,39H,5-6,9-14,18,34H2,1-2H3;1-2H,(H,5,6)(H,7,8)/t22-,23+,26?;/m0./s1. The van der Waals surface area contributed by atoms with Gasteiger partial charge in [0.05, 0.1) is 59.5 Å². The Morgan fingerprint density at radius 1 is 1.00 bits per heavy atom. The van der Waals surface area contributed by atoms with Crippen LogP contribution >= 0.6 is 23.2 Å². The number of nitrogens with zero attached hydrogens (tertiary/aromatic N) is 3. The Morgan fingerprint density at radius 3 is 2.15 bits per heavy atom. The predicted octanol–water partition coefficient (Wildman–Crippen LogP) is 3.55. The molecule has 2 aliphatic heterocycles. The molecule has 0 radical (unpaired) electrons. The number of carboxylic acid groups (broad SMARTS) is 2. The van der Waals surface area contributed by atoms with Crippen molar-refractivity contribution in [2.45, 2.75) is 37.8 Å². The van der Waals surface area contributed by atoms with E-state index in [1.54, 1.807) is 19.2 Å². The minimum Gasteiger partial charge on any atom is -0.493 e. The van der Waals surface area contributed by atoms with E-state index in [0.717, 1.165) is 17.7 Å². The highest BCUT2D eigenvalue weighted by Gasteiger charge is 2.43. The van der Waals surface area contributed by atoms with Crippen LogP contribution in [0.2, 0.25) is 10.0 Å². The van der Waals surface area contributed by atoms with Crippen LogP contribution in [0.1, 0.15) is 42.9 Å². The van der Waals surface area contributed by atoms with Crippen LogP contribution in [0, 0.1) is 11.8 Å². The molecule has 0 bridgehead atoms. The lowest BCUT2D eigenvalue weighted by molar-refractivity contribution is -0.141. The number of methoxy groups -OCH3 is 2. The van der Waals surface area contributed by atoms with E-state index >= 15 is 0 Å². The second-order valence-electron chi connectivity index (χ2n) is 12.5. The normalized spacial score (nSPS) is 19.9. The van der Waals surface area contributed by atoms with E-state index in [1.807, 2.05) is 18.2 Å². The smallest absolute Gasteiger partial charge is 0.328 e. The number of anilines is 1. The number of amides is 1. The lowest BCUT2D eigenvalue weighted by Gasteiger charge is -2.42. The number of carbonyl (C=O) groups is 3. The molecule has 1 fully saturated rings. The molecule has 0 aromatic heterocycles. The number of hydrogen-bond donors (Lipinski definition) is 5. The summed E-state index contributed by atoms with van der Waals surface area (Å²) < 4.78 is 38.7. The van der Waals surface area contributed by atoms with Gasteiger partial charge in [-0.15, -0.1) is 0 Å². The van der Waals surface area contributed by atoms with E-state index in [1.165, 1.54) is 16.4 Å². The van der Waals surface area contributed by atoms with Gasteiger partial charge in [-0.3, -0.25) is 4.79 Å². The van der Waals surface area contributed by atoms with Crippen molar-refractivity contribution in [2.75, 3.05) is 51.9 Å². The number of aliphatic carboxylic acids is 2. The molecule has 1 amide bonds. The number of piperidine rings is 1. The summed E-state index contributed by atoms with van der Waals surface area (Å²) in [6.45, 7) is 0.840. The van der Waals surface area contributed by atoms with Crippen LogP contribution in [0.25, 0.3) is 0 Å². The summed E-state index contributed by atoms with van der Waals surface area (Å²) in [6, 6.07) is 8.53. The number of ether oxygens (including phenoxy) is 2. The van der Waals surface area contributed by atoms with Crippen molar-refractivity contribution in [3.63, 3.8) is 0 Å². The Bertz CT molecular complexity index is 1830. The fraction of sp³-hybridized carbons (Fsp3) is 0.429. The molecule has 0 saturated carbocycles. The van der Waals surface area contributed by atoms with Crippen LogP contribution in [0.3, 0.4) is 0 Å². The van der Waals surface area contributed by atoms with Crippen molar-refractivity contribution in [1.29, 1.82) is 0 Å². The van der Waals surface area contributed by atoms with Gasteiger partial charge >= 0.3 is 11.9 Å². The quantitative estimate of drug-likeness (QED) is 0.0851. The highest BCUT2D eigenvalue weighted by molar-refractivity contribution is 7.89. The van der Waals surface area contributed by atoms with Crippen molar-refractivity contribution in [1.82, 2.24) is 14.6 Å². The molecule has 0 spiro atoms. The number of hydrogen-bond acceptors (Lipinski definition) is 11. The summed E-state index contributed by atoms with van der Waals surface area (Å²) in [7, 11) is -0.393. The van der Waals surface area contributed by atoms with E-state index < -0.39 is 28.1 Å². The highest BCUT2D eigenvalue weighted by atomic mass is 35.5. The molecule has 2 heterocycles. The van der Waals surface area contributed by atoms with Crippen molar-refractivity contribution >= 4 is 62.5 Å². The van der Waals surface area contributed by atoms with Crippen molar-refractivity contribution in [3.8, 4) is 11.5 Å². The third kappa shape index (κ3) is 10.7. The first kappa shape index (κ1) is 41.6. The minimum atomic E-state index is -3.56. The number of rotatable bonds is 13. The topological polar surface area (TPSA) is 221 Å². The number of nitrogens with one attached hydrogen (secondary N) is 1. The Morgan fingerprint density at radius 2 is 1.58 bits per heavy atom. The maximum atomic E-state index is 13.7. The Kier molecular flexibility index (Phi) is 14.7. The zero-order valence-electron chi connectivity index (χ0n) is 29.2. The van der Waals surface area contributed by atoms with Gasteiger partial charge in [-0.05, 0) is 61.6 Å². The molecule has 2 aromatic rings. The third-order valence-electron chi connectivity index (χ3n) is 9.11. The van der Waals surface area contributed by atoms with Crippen molar-refractivity contribution in [2.24, 2.45) is 16.9 Å². The number of fused-ring (bicyclic) bond motifs is 1. The van der Waals surface area contributed by atoms with Crippen molar-refractivity contribution < 1.29 is 47.6 Å². The number of carbonyl (C=O) groups excluding carboxylic acids is 1. The molecule has 3 aliphatic rings. The molecule has 15 nitrogen and oxygen atoms in total. The number of benzene rings is 2. The average molecular weight is 797 g/mol. The first-order valence-corrected chi connectivity index (χ1v) is 19.1. The van der Waals surface area contributed by atoms with Gasteiger partial charge < -0.3 is 35.8 Å². The SMILES string of the molecule is COc1ccc(C2=NN(C3CCN(S(=O)(=O)CCNCC(O)c4cc(Cl)c(N)c(Cl)c4)CC3)C(=O)[C@@H]3CC=CC[C@H]23)cc1OC.O=C(O)C=CC(=O)O. The molecule has 2 aromatic carbocycles. The fourth-order valence-electron chi connectivity index (χ4n) is 6.32. The Hall–Kier alpha value is -4.19. The largest absolute Gasteiger partial charge is 0.493 e. The molecule has 5 rings (SSSR count). The van der Waals surface area contributed by atoms with Crippen LogP contribution in [0.4, 0.5) is 5.69 Å². The average Bonchev–Trinajstić information content (AvgIpc) is 3.14. The molecule has 1 saturated heterocycles. The van der Waals surface area contributed by atoms with Crippen LogP contribution < -0.4 is 20.5 Å². The molecule has 53 heavy (non-hydrogen) atoms. The van der Waals surface area contributed by atoms with Gasteiger partial charge in [-0.2, -0.15) is 5.10 Å². The summed E-state index contributed by atoms with van der Waals surface area (Å²) in [5.41, 5.74) is 8.18. The zero-order chi connectivity index (χ0) is 38.9. The van der Waals surface area contributed by atoms with Gasteiger partial charge in [0.25, 0.3) is 0 Å². The molecule has 3 atom stereocenters. The number of hydrazone groups is 1. The van der Waals surface area contributed by atoms with Gasteiger partial charge in [0.15, 0.2) is 11.5 Å². The van der Waals surface area contributed by atoms with Crippen LogP contribution in [0.5, 0.6) is 11.5 Å². The minimum absolute atomic E-state index is 0.0127. The number of halogens is 2. The zero-order valence-corrected chi connectivity index (χ0v) is 31.5. The van der Waals surface area contributed by atoms with Crippen molar-refractivity contribution in [3.05, 3.63) is 75.8 Å². The van der Waals surface area contributed by atoms with Gasteiger partial charge in [0.1, 0.15) is 0 Å². The van der Waals surface area contributed by atoms with E-state index in [0.29, 0.717) is 48.5 Å². The molecular weight excluding hydrogens is 753 g/mol. The molecule has 6 N–H and O–H groups in total. The summed E-state index contributed by atoms with van der Waals surface area (Å²) in [5.74, 6) is -1.72. The lowest BCUT2D eigenvalue weighted by Crippen LogP contribution is -2.53. The van der Waals surface area contributed by atoms with Gasteiger partial charge in [-0.1, -0.05) is 35.4 Å². The molecular formula is C35H43Cl2N5O10S. The first-order chi connectivity index (χ1) is 25.2. The predicted molar refractivity (Wildman–Crippen MR) is 200 cm³/mol. The van der Waals surface area contributed by atoms with E-state index in [-0.39, 0.29) is 71.4 Å². The monoisotopic (exact) mass is 795 g/mol.